The van der Waals surface area contributed by atoms with Crippen molar-refractivity contribution in [2.45, 2.75) is 13.0 Å². The van der Waals surface area contributed by atoms with Crippen LogP contribution in [0.4, 0.5) is 14.5 Å². The van der Waals surface area contributed by atoms with Crippen molar-refractivity contribution in [3.05, 3.63) is 46.6 Å². The molecule has 0 saturated carbocycles. The maximum Gasteiger partial charge on any atom is 0.292 e. The van der Waals surface area contributed by atoms with Gasteiger partial charge in [0.15, 0.2) is 5.69 Å². The minimum absolute atomic E-state index is 0.0294. The smallest absolute Gasteiger partial charge is 0.292 e. The zero-order valence-electron chi connectivity index (χ0n) is 10.3. The quantitative estimate of drug-likeness (QED) is 0.854. The zero-order chi connectivity index (χ0) is 14.9. The Labute approximate surface area is 117 Å². The Kier molecular flexibility index (Phi) is 3.89. The highest BCUT2D eigenvalue weighted by molar-refractivity contribution is 6.27. The first-order valence-corrected chi connectivity index (χ1v) is 5.92. The van der Waals surface area contributed by atoms with E-state index in [-0.39, 0.29) is 16.6 Å². The number of anilines is 1. The lowest BCUT2D eigenvalue weighted by molar-refractivity contribution is 0.0934. The Balaban J connectivity index is 2.16. The van der Waals surface area contributed by atoms with Gasteiger partial charge in [-0.05, 0) is 36.2 Å². The molecule has 1 aromatic carbocycles. The summed E-state index contributed by atoms with van der Waals surface area (Å²) in [5, 5.41) is 2.33. The summed E-state index contributed by atoms with van der Waals surface area (Å²) in [5.41, 5.74) is 4.82. The van der Waals surface area contributed by atoms with Crippen LogP contribution < -0.4 is 11.1 Å². The van der Waals surface area contributed by atoms with Crippen molar-refractivity contribution in [2.24, 2.45) is 0 Å². The van der Waals surface area contributed by atoms with Crippen molar-refractivity contribution >= 4 is 23.2 Å². The summed E-state index contributed by atoms with van der Waals surface area (Å²) in [6.45, 7) is 1.56. The van der Waals surface area contributed by atoms with Crippen LogP contribution in [0, 0.1) is 11.6 Å². The number of carbonyl (C=O) groups excluding carboxylic acids is 1. The third-order valence-electron chi connectivity index (χ3n) is 2.66. The molecule has 2 rings (SSSR count). The third-order valence-corrected chi connectivity index (χ3v) is 2.83. The molecule has 0 saturated heterocycles. The molecule has 2 aromatic rings. The fraction of sp³-hybridized carbons (Fsp3) is 0.167. The molecule has 106 valence electrons. The van der Waals surface area contributed by atoms with E-state index in [9.17, 15) is 13.6 Å². The summed E-state index contributed by atoms with van der Waals surface area (Å²) in [5.74, 6) is -2.35. The van der Waals surface area contributed by atoms with E-state index in [0.29, 0.717) is 0 Å². The number of hydrogen-bond acceptors (Lipinski definition) is 4. The van der Waals surface area contributed by atoms with Crippen LogP contribution in [0.5, 0.6) is 0 Å². The van der Waals surface area contributed by atoms with Gasteiger partial charge in [-0.1, -0.05) is 0 Å². The van der Waals surface area contributed by atoms with Gasteiger partial charge in [-0.2, -0.15) is 4.98 Å². The molecule has 0 unspecified atom stereocenters. The topological polar surface area (TPSA) is 81.2 Å². The Morgan fingerprint density at radius 1 is 1.45 bits per heavy atom. The Bertz CT molecular complexity index is 637. The molecular weight excluding hydrogens is 292 g/mol. The molecule has 1 heterocycles. The average Bonchev–Trinajstić information content (AvgIpc) is 2.82. The molecule has 0 radical (unpaired) electrons. The van der Waals surface area contributed by atoms with Crippen LogP contribution in [-0.2, 0) is 0 Å². The van der Waals surface area contributed by atoms with Gasteiger partial charge in [0, 0.05) is 0 Å². The largest absolute Gasteiger partial charge is 0.435 e. The predicted molar refractivity (Wildman–Crippen MR) is 68.2 cm³/mol. The SMILES string of the molecule is C[C@@H](NC(=O)c1coc(Cl)n1)c1cc(F)c(N)c(F)c1. The van der Waals surface area contributed by atoms with Crippen molar-refractivity contribution in [1.29, 1.82) is 0 Å². The van der Waals surface area contributed by atoms with Crippen LogP contribution in [0.25, 0.3) is 0 Å². The second-order valence-corrected chi connectivity index (χ2v) is 4.40. The van der Waals surface area contributed by atoms with Gasteiger partial charge in [-0.25, -0.2) is 8.78 Å². The number of rotatable bonds is 3. The average molecular weight is 302 g/mol. The van der Waals surface area contributed by atoms with Crippen LogP contribution in [0.1, 0.15) is 29.0 Å². The third kappa shape index (κ3) is 2.88. The lowest BCUT2D eigenvalue weighted by Gasteiger charge is -2.14. The van der Waals surface area contributed by atoms with E-state index in [1.165, 1.54) is 0 Å². The van der Waals surface area contributed by atoms with Crippen molar-refractivity contribution in [3.63, 3.8) is 0 Å². The number of nitrogens with zero attached hydrogens (tertiary/aromatic N) is 1. The lowest BCUT2D eigenvalue weighted by Crippen LogP contribution is -2.27. The number of oxazole rings is 1. The van der Waals surface area contributed by atoms with Crippen molar-refractivity contribution in [3.8, 4) is 0 Å². The van der Waals surface area contributed by atoms with Gasteiger partial charge < -0.3 is 15.5 Å². The molecular formula is C12H10ClF2N3O2. The number of benzene rings is 1. The van der Waals surface area contributed by atoms with Crippen LogP contribution in [0.2, 0.25) is 5.35 Å². The van der Waals surface area contributed by atoms with Gasteiger partial charge in [-0.3, -0.25) is 4.79 Å². The number of nitrogens with one attached hydrogen (secondary N) is 1. The molecule has 5 nitrogen and oxygen atoms in total. The highest BCUT2D eigenvalue weighted by atomic mass is 35.5. The Morgan fingerprint density at radius 3 is 2.55 bits per heavy atom. The van der Waals surface area contributed by atoms with E-state index in [1.54, 1.807) is 6.92 Å². The number of nitrogen functional groups attached to an aromatic ring is 1. The standard InChI is InChI=1S/C12H10ClF2N3O2/c1-5(6-2-7(14)10(16)8(15)3-6)17-11(19)9-4-20-12(13)18-9/h2-5H,16H2,1H3,(H,17,19)/t5-/m1/s1. The van der Waals surface area contributed by atoms with E-state index < -0.39 is 29.3 Å². The molecule has 8 heteroatoms. The number of aromatic nitrogens is 1. The van der Waals surface area contributed by atoms with E-state index in [1.807, 2.05) is 0 Å². The molecule has 0 aliphatic rings. The van der Waals surface area contributed by atoms with Crippen molar-refractivity contribution in [1.82, 2.24) is 10.3 Å². The van der Waals surface area contributed by atoms with Gasteiger partial charge in [0.2, 0.25) is 0 Å². The minimum atomic E-state index is -0.884. The second-order valence-electron chi connectivity index (χ2n) is 4.08. The second kappa shape index (κ2) is 5.46. The first kappa shape index (κ1) is 14.3. The number of halogens is 3. The van der Waals surface area contributed by atoms with Gasteiger partial charge in [0.05, 0.1) is 6.04 Å². The Morgan fingerprint density at radius 2 is 2.05 bits per heavy atom. The molecule has 0 aliphatic heterocycles. The van der Waals surface area contributed by atoms with Gasteiger partial charge in [0.1, 0.15) is 23.6 Å². The first-order chi connectivity index (χ1) is 9.38. The monoisotopic (exact) mass is 301 g/mol. The molecule has 1 amide bonds. The van der Waals surface area contributed by atoms with Gasteiger partial charge in [-0.15, -0.1) is 0 Å². The van der Waals surface area contributed by atoms with Crippen molar-refractivity contribution < 1.29 is 18.0 Å². The molecule has 0 spiro atoms. The van der Waals surface area contributed by atoms with Crippen molar-refractivity contribution in [2.75, 3.05) is 5.73 Å². The van der Waals surface area contributed by atoms with E-state index >= 15 is 0 Å². The fourth-order valence-corrected chi connectivity index (χ4v) is 1.70. The maximum atomic E-state index is 13.3. The maximum absolute atomic E-state index is 13.3. The number of hydrogen-bond donors (Lipinski definition) is 2. The van der Waals surface area contributed by atoms with Gasteiger partial charge >= 0.3 is 0 Å². The summed E-state index contributed by atoms with van der Waals surface area (Å²) in [6, 6.07) is 1.46. The predicted octanol–water partition coefficient (Wildman–Crippen LogP) is 2.68. The summed E-state index contributed by atoms with van der Waals surface area (Å²) in [7, 11) is 0. The van der Waals surface area contributed by atoms with Gasteiger partial charge in [0.25, 0.3) is 11.3 Å². The highest BCUT2D eigenvalue weighted by Gasteiger charge is 2.17. The number of carbonyl (C=O) groups is 1. The van der Waals surface area contributed by atoms with Crippen LogP contribution in [-0.4, -0.2) is 10.9 Å². The van der Waals surface area contributed by atoms with E-state index in [0.717, 1.165) is 18.4 Å². The molecule has 20 heavy (non-hydrogen) atoms. The van der Waals surface area contributed by atoms with E-state index in [2.05, 4.69) is 14.7 Å². The lowest BCUT2D eigenvalue weighted by atomic mass is 10.1. The number of nitrogens with two attached hydrogens (primary N) is 1. The summed E-state index contributed by atoms with van der Waals surface area (Å²) >= 11 is 5.45. The summed E-state index contributed by atoms with van der Waals surface area (Å²) < 4.78 is 31.4. The first-order valence-electron chi connectivity index (χ1n) is 5.54. The fourth-order valence-electron chi connectivity index (χ4n) is 1.56. The van der Waals surface area contributed by atoms with E-state index in [4.69, 9.17) is 17.3 Å². The molecule has 1 atom stereocenters. The molecule has 1 aromatic heterocycles. The zero-order valence-corrected chi connectivity index (χ0v) is 11.0. The number of amides is 1. The van der Waals surface area contributed by atoms with Crippen LogP contribution >= 0.6 is 11.6 Å². The summed E-state index contributed by atoms with van der Waals surface area (Å²) in [4.78, 5) is 15.4. The normalized spacial score (nSPS) is 12.2. The minimum Gasteiger partial charge on any atom is -0.435 e. The molecule has 0 aliphatic carbocycles. The van der Waals surface area contributed by atoms with Crippen LogP contribution in [0.3, 0.4) is 0 Å². The summed E-state index contributed by atoms with van der Waals surface area (Å²) in [6.07, 6.45) is 1.08. The Hall–Kier alpha value is -2.15. The molecule has 3 N–H and O–H groups in total. The molecule has 0 fully saturated rings. The van der Waals surface area contributed by atoms with Crippen LogP contribution in [0.15, 0.2) is 22.8 Å². The molecule has 0 bridgehead atoms. The highest BCUT2D eigenvalue weighted by Crippen LogP contribution is 2.22.